The number of benzene rings is 2. The standard InChI is InChI=1S/C18H15Cl2NO5/c1-2-25-18(24)13-5-3-4-6-15(13)21-16(22)10-26-17(23)12-8-7-11(19)9-14(12)20/h3-9H,2,10H2,1H3,(H,21,22). The van der Waals surface area contributed by atoms with E-state index in [0.29, 0.717) is 5.02 Å². The number of nitrogens with one attached hydrogen (secondary N) is 1. The number of rotatable bonds is 6. The van der Waals surface area contributed by atoms with E-state index in [2.05, 4.69) is 5.32 Å². The second-order valence-electron chi connectivity index (χ2n) is 5.01. The minimum Gasteiger partial charge on any atom is -0.462 e. The van der Waals surface area contributed by atoms with Crippen molar-refractivity contribution in [2.24, 2.45) is 0 Å². The molecule has 0 fully saturated rings. The third kappa shape index (κ3) is 5.21. The molecule has 0 radical (unpaired) electrons. The van der Waals surface area contributed by atoms with Crippen molar-refractivity contribution in [3.8, 4) is 0 Å². The minimum atomic E-state index is -0.763. The number of hydrogen-bond acceptors (Lipinski definition) is 5. The van der Waals surface area contributed by atoms with Gasteiger partial charge >= 0.3 is 11.9 Å². The van der Waals surface area contributed by atoms with E-state index >= 15 is 0 Å². The Balaban J connectivity index is 1.99. The van der Waals surface area contributed by atoms with Gasteiger partial charge < -0.3 is 14.8 Å². The molecule has 0 aliphatic heterocycles. The van der Waals surface area contributed by atoms with Crippen LogP contribution >= 0.6 is 23.2 Å². The molecule has 136 valence electrons. The van der Waals surface area contributed by atoms with Crippen LogP contribution in [0.1, 0.15) is 27.6 Å². The molecule has 0 saturated heterocycles. The molecule has 2 rings (SSSR count). The SMILES string of the molecule is CCOC(=O)c1ccccc1NC(=O)COC(=O)c1ccc(Cl)cc1Cl. The van der Waals surface area contributed by atoms with Crippen molar-refractivity contribution in [3.63, 3.8) is 0 Å². The summed E-state index contributed by atoms with van der Waals surface area (Å²) in [4.78, 5) is 35.9. The summed E-state index contributed by atoms with van der Waals surface area (Å²) in [5.74, 6) is -1.94. The predicted molar refractivity (Wildman–Crippen MR) is 97.8 cm³/mol. The summed E-state index contributed by atoms with van der Waals surface area (Å²) in [7, 11) is 0. The third-order valence-electron chi connectivity index (χ3n) is 3.18. The van der Waals surface area contributed by atoms with E-state index in [1.165, 1.54) is 24.3 Å². The fourth-order valence-corrected chi connectivity index (χ4v) is 2.51. The summed E-state index contributed by atoms with van der Waals surface area (Å²) in [5, 5.41) is 3.01. The second-order valence-corrected chi connectivity index (χ2v) is 5.86. The molecule has 0 aliphatic carbocycles. The number of para-hydroxylation sites is 1. The Kier molecular flexibility index (Phi) is 7.00. The molecule has 6 nitrogen and oxygen atoms in total. The summed E-state index contributed by atoms with van der Waals surface area (Å²) in [5.41, 5.74) is 0.557. The van der Waals surface area contributed by atoms with Gasteiger partial charge in [0.15, 0.2) is 6.61 Å². The van der Waals surface area contributed by atoms with Crippen LogP contribution in [0.3, 0.4) is 0 Å². The van der Waals surface area contributed by atoms with Crippen molar-refractivity contribution < 1.29 is 23.9 Å². The summed E-state index contributed by atoms with van der Waals surface area (Å²) in [6.07, 6.45) is 0. The molecular weight excluding hydrogens is 381 g/mol. The van der Waals surface area contributed by atoms with Crippen LogP contribution in [0.2, 0.25) is 10.0 Å². The molecular formula is C18H15Cl2NO5. The van der Waals surface area contributed by atoms with Gasteiger partial charge in [0.1, 0.15) is 0 Å². The smallest absolute Gasteiger partial charge is 0.340 e. The minimum absolute atomic E-state index is 0.0933. The lowest BCUT2D eigenvalue weighted by atomic mass is 10.2. The van der Waals surface area contributed by atoms with Crippen molar-refractivity contribution in [2.75, 3.05) is 18.5 Å². The highest BCUT2D eigenvalue weighted by molar-refractivity contribution is 6.36. The Labute approximate surface area is 160 Å². The molecule has 0 heterocycles. The number of esters is 2. The predicted octanol–water partition coefficient (Wildman–Crippen LogP) is 3.97. The molecule has 1 N–H and O–H groups in total. The van der Waals surface area contributed by atoms with Gasteiger partial charge in [-0.2, -0.15) is 0 Å². The molecule has 2 aromatic carbocycles. The van der Waals surface area contributed by atoms with Gasteiger partial charge in [-0.05, 0) is 37.3 Å². The molecule has 0 aliphatic rings. The number of carbonyl (C=O) groups is 3. The monoisotopic (exact) mass is 395 g/mol. The largest absolute Gasteiger partial charge is 0.462 e. The second kappa shape index (κ2) is 9.22. The quantitative estimate of drug-likeness (QED) is 0.748. The Bertz CT molecular complexity index is 838. The summed E-state index contributed by atoms with van der Waals surface area (Å²) in [6.45, 7) is 1.34. The zero-order chi connectivity index (χ0) is 19.1. The first-order valence-corrected chi connectivity index (χ1v) is 8.36. The molecule has 0 aromatic heterocycles. The molecule has 0 atom stereocenters. The Morgan fingerprint density at radius 2 is 1.65 bits per heavy atom. The van der Waals surface area contributed by atoms with Crippen LogP contribution in [-0.2, 0) is 14.3 Å². The molecule has 0 unspecified atom stereocenters. The number of hydrogen-bond donors (Lipinski definition) is 1. The van der Waals surface area contributed by atoms with Gasteiger partial charge in [-0.1, -0.05) is 35.3 Å². The average Bonchev–Trinajstić information content (AvgIpc) is 2.60. The molecule has 0 bridgehead atoms. The molecule has 26 heavy (non-hydrogen) atoms. The highest BCUT2D eigenvalue weighted by atomic mass is 35.5. The lowest BCUT2D eigenvalue weighted by Crippen LogP contribution is -2.22. The molecule has 1 amide bonds. The van der Waals surface area contributed by atoms with Gasteiger partial charge in [0.2, 0.25) is 0 Å². The normalized spacial score (nSPS) is 10.1. The average molecular weight is 396 g/mol. The number of carbonyl (C=O) groups excluding carboxylic acids is 3. The van der Waals surface area contributed by atoms with Crippen molar-refractivity contribution in [2.45, 2.75) is 6.92 Å². The molecule has 8 heteroatoms. The lowest BCUT2D eigenvalue weighted by molar-refractivity contribution is -0.119. The molecule has 2 aromatic rings. The van der Waals surface area contributed by atoms with E-state index in [0.717, 1.165) is 0 Å². The molecule has 0 saturated carbocycles. The maximum atomic E-state index is 12.0. The van der Waals surface area contributed by atoms with Crippen molar-refractivity contribution in [1.82, 2.24) is 0 Å². The van der Waals surface area contributed by atoms with Crippen LogP contribution in [-0.4, -0.2) is 31.1 Å². The van der Waals surface area contributed by atoms with E-state index in [4.69, 9.17) is 32.7 Å². The summed E-state index contributed by atoms with van der Waals surface area (Å²) in [6, 6.07) is 10.6. The Hall–Kier alpha value is -2.57. The highest BCUT2D eigenvalue weighted by Gasteiger charge is 2.17. The van der Waals surface area contributed by atoms with Crippen LogP contribution < -0.4 is 5.32 Å². The zero-order valence-corrected chi connectivity index (χ0v) is 15.3. The maximum absolute atomic E-state index is 12.0. The highest BCUT2D eigenvalue weighted by Crippen LogP contribution is 2.21. The molecule has 0 spiro atoms. The fourth-order valence-electron chi connectivity index (χ4n) is 2.03. The van der Waals surface area contributed by atoms with Crippen LogP contribution in [0.5, 0.6) is 0 Å². The van der Waals surface area contributed by atoms with Gasteiger partial charge in [-0.3, -0.25) is 4.79 Å². The fraction of sp³-hybridized carbons (Fsp3) is 0.167. The van der Waals surface area contributed by atoms with Gasteiger partial charge in [-0.15, -0.1) is 0 Å². The first-order valence-electron chi connectivity index (χ1n) is 7.60. The van der Waals surface area contributed by atoms with E-state index in [-0.39, 0.29) is 28.4 Å². The van der Waals surface area contributed by atoms with Crippen LogP contribution in [0, 0.1) is 0 Å². The van der Waals surface area contributed by atoms with Gasteiger partial charge in [0.25, 0.3) is 5.91 Å². The van der Waals surface area contributed by atoms with E-state index < -0.39 is 24.5 Å². The van der Waals surface area contributed by atoms with E-state index in [1.807, 2.05) is 0 Å². The summed E-state index contributed by atoms with van der Waals surface area (Å²) < 4.78 is 9.86. The van der Waals surface area contributed by atoms with Crippen LogP contribution in [0.25, 0.3) is 0 Å². The van der Waals surface area contributed by atoms with E-state index in [9.17, 15) is 14.4 Å². The zero-order valence-electron chi connectivity index (χ0n) is 13.8. The van der Waals surface area contributed by atoms with Crippen molar-refractivity contribution in [1.29, 1.82) is 0 Å². The lowest BCUT2D eigenvalue weighted by Gasteiger charge is -2.11. The number of ether oxygens (including phenoxy) is 2. The first kappa shape index (κ1) is 19.8. The topological polar surface area (TPSA) is 81.7 Å². The van der Waals surface area contributed by atoms with Crippen LogP contribution in [0.4, 0.5) is 5.69 Å². The van der Waals surface area contributed by atoms with Gasteiger partial charge in [-0.25, -0.2) is 9.59 Å². The Morgan fingerprint density at radius 3 is 2.35 bits per heavy atom. The summed E-state index contributed by atoms with van der Waals surface area (Å²) >= 11 is 11.7. The number of halogens is 2. The first-order chi connectivity index (χ1) is 12.4. The van der Waals surface area contributed by atoms with Gasteiger partial charge in [0.05, 0.1) is 28.4 Å². The van der Waals surface area contributed by atoms with E-state index in [1.54, 1.807) is 25.1 Å². The van der Waals surface area contributed by atoms with Crippen molar-refractivity contribution in [3.05, 3.63) is 63.6 Å². The van der Waals surface area contributed by atoms with Crippen LogP contribution in [0.15, 0.2) is 42.5 Å². The van der Waals surface area contributed by atoms with Crippen molar-refractivity contribution >= 4 is 46.7 Å². The van der Waals surface area contributed by atoms with Gasteiger partial charge in [0, 0.05) is 5.02 Å². The number of amides is 1. The third-order valence-corrected chi connectivity index (χ3v) is 3.73. The Morgan fingerprint density at radius 1 is 0.962 bits per heavy atom. The number of anilines is 1. The maximum Gasteiger partial charge on any atom is 0.340 e.